The van der Waals surface area contributed by atoms with Gasteiger partial charge in [0.15, 0.2) is 0 Å². The molecule has 136 valence electrons. The number of amides is 1. The molecular formula is C17H26N6O2. The minimum atomic E-state index is 0.0472. The van der Waals surface area contributed by atoms with Crippen molar-refractivity contribution in [2.45, 2.75) is 45.3 Å². The Hall–Kier alpha value is -2.22. The summed E-state index contributed by atoms with van der Waals surface area (Å²) in [6.45, 7) is 6.25. The number of carbonyl (C=O) groups excluding carboxylic acids is 1. The topological polar surface area (TPSA) is 78.1 Å². The van der Waals surface area contributed by atoms with Crippen molar-refractivity contribution in [2.24, 2.45) is 7.05 Å². The molecule has 1 amide bonds. The first kappa shape index (κ1) is 17.6. The lowest BCUT2D eigenvalue weighted by molar-refractivity contribution is -0.137. The Morgan fingerprint density at radius 1 is 1.36 bits per heavy atom. The van der Waals surface area contributed by atoms with Gasteiger partial charge in [-0.3, -0.25) is 9.48 Å². The summed E-state index contributed by atoms with van der Waals surface area (Å²) in [5.74, 6) is 1.45. The lowest BCUT2D eigenvalue weighted by atomic mass is 9.95. The number of carbonyl (C=O) groups is 1. The van der Waals surface area contributed by atoms with Crippen molar-refractivity contribution in [3.63, 3.8) is 0 Å². The highest BCUT2D eigenvalue weighted by Gasteiger charge is 2.27. The highest BCUT2D eigenvalue weighted by atomic mass is 16.5. The summed E-state index contributed by atoms with van der Waals surface area (Å²) in [6, 6.07) is 2.24. The highest BCUT2D eigenvalue weighted by Crippen LogP contribution is 2.28. The first-order chi connectivity index (χ1) is 12.1. The van der Waals surface area contributed by atoms with E-state index in [0.29, 0.717) is 18.6 Å². The van der Waals surface area contributed by atoms with Gasteiger partial charge in [0.05, 0.1) is 12.3 Å². The van der Waals surface area contributed by atoms with Gasteiger partial charge in [0.25, 0.3) is 0 Å². The minimum Gasteiger partial charge on any atom is -0.365 e. The third-order valence-corrected chi connectivity index (χ3v) is 4.77. The van der Waals surface area contributed by atoms with Crippen LogP contribution in [-0.2, 0) is 23.2 Å². The summed E-state index contributed by atoms with van der Waals surface area (Å²) in [5.41, 5.74) is 0.958. The second kappa shape index (κ2) is 7.77. The molecule has 8 heteroatoms. The third-order valence-electron chi connectivity index (χ3n) is 4.77. The maximum atomic E-state index is 12.3. The van der Waals surface area contributed by atoms with E-state index >= 15 is 0 Å². The number of aryl methyl sites for hydroxylation is 1. The molecule has 0 atom stereocenters. The van der Waals surface area contributed by atoms with Gasteiger partial charge in [-0.05, 0) is 32.8 Å². The Labute approximate surface area is 147 Å². The van der Waals surface area contributed by atoms with Crippen molar-refractivity contribution < 1.29 is 9.53 Å². The first-order valence-electron chi connectivity index (χ1n) is 8.78. The summed E-state index contributed by atoms with van der Waals surface area (Å²) in [7, 11) is 1.86. The van der Waals surface area contributed by atoms with Crippen LogP contribution < -0.4 is 0 Å². The molecule has 1 aliphatic rings. The molecule has 0 saturated carbocycles. The van der Waals surface area contributed by atoms with Gasteiger partial charge in [-0.2, -0.15) is 5.10 Å². The van der Waals surface area contributed by atoms with Crippen molar-refractivity contribution in [1.82, 2.24) is 29.4 Å². The predicted molar refractivity (Wildman–Crippen MR) is 91.8 cm³/mol. The van der Waals surface area contributed by atoms with Crippen LogP contribution in [-0.4, -0.2) is 55.0 Å². The zero-order valence-corrected chi connectivity index (χ0v) is 15.1. The SMILES string of the molecule is CC(C)n1cnnc1C1CCN(C(=O)COCc2ccnn2C)CC1. The molecule has 0 radical (unpaired) electrons. The molecule has 8 nitrogen and oxygen atoms in total. The normalized spacial score (nSPS) is 15.9. The Balaban J connectivity index is 1.46. The van der Waals surface area contributed by atoms with Crippen molar-refractivity contribution in [1.29, 1.82) is 0 Å². The summed E-state index contributed by atoms with van der Waals surface area (Å²) < 4.78 is 9.42. The molecule has 0 spiro atoms. The number of piperidine rings is 1. The zero-order valence-electron chi connectivity index (χ0n) is 15.1. The van der Waals surface area contributed by atoms with Gasteiger partial charge in [-0.15, -0.1) is 10.2 Å². The molecule has 2 aromatic rings. The smallest absolute Gasteiger partial charge is 0.248 e. The van der Waals surface area contributed by atoms with Gasteiger partial charge in [-0.25, -0.2) is 0 Å². The first-order valence-corrected chi connectivity index (χ1v) is 8.78. The number of ether oxygens (including phenoxy) is 1. The van der Waals surface area contributed by atoms with E-state index in [1.54, 1.807) is 17.2 Å². The van der Waals surface area contributed by atoms with Gasteiger partial charge in [0, 0.05) is 38.3 Å². The van der Waals surface area contributed by atoms with Crippen LogP contribution in [0.15, 0.2) is 18.6 Å². The third kappa shape index (κ3) is 4.07. The molecule has 1 fully saturated rings. The Bertz CT molecular complexity index is 700. The molecule has 0 unspecified atom stereocenters. The average Bonchev–Trinajstić information content (AvgIpc) is 3.24. The number of rotatable bonds is 6. The van der Waals surface area contributed by atoms with E-state index in [-0.39, 0.29) is 12.5 Å². The van der Waals surface area contributed by atoms with E-state index in [2.05, 4.69) is 33.7 Å². The molecule has 1 aliphatic heterocycles. The molecule has 3 heterocycles. The molecule has 1 saturated heterocycles. The Morgan fingerprint density at radius 3 is 2.76 bits per heavy atom. The van der Waals surface area contributed by atoms with Crippen LogP contribution in [0.5, 0.6) is 0 Å². The molecule has 0 aliphatic carbocycles. The molecule has 0 aromatic carbocycles. The van der Waals surface area contributed by atoms with Gasteiger partial charge in [0.1, 0.15) is 18.8 Å². The molecule has 2 aromatic heterocycles. The van der Waals surface area contributed by atoms with Crippen molar-refractivity contribution in [2.75, 3.05) is 19.7 Å². The second-order valence-corrected chi connectivity index (χ2v) is 6.78. The fourth-order valence-electron chi connectivity index (χ4n) is 3.21. The molecule has 3 rings (SSSR count). The van der Waals surface area contributed by atoms with Gasteiger partial charge in [-0.1, -0.05) is 0 Å². The number of hydrogen-bond donors (Lipinski definition) is 0. The lowest BCUT2D eigenvalue weighted by Gasteiger charge is -2.32. The summed E-state index contributed by atoms with van der Waals surface area (Å²) in [6.07, 6.45) is 5.35. The maximum absolute atomic E-state index is 12.3. The second-order valence-electron chi connectivity index (χ2n) is 6.78. The fraction of sp³-hybridized carbons (Fsp3) is 0.647. The van der Waals surface area contributed by atoms with Crippen molar-refractivity contribution >= 4 is 5.91 Å². The lowest BCUT2D eigenvalue weighted by Crippen LogP contribution is -2.40. The van der Waals surface area contributed by atoms with Crippen LogP contribution in [0.25, 0.3) is 0 Å². The van der Waals surface area contributed by atoms with Crippen LogP contribution in [0, 0.1) is 0 Å². The predicted octanol–water partition coefficient (Wildman–Crippen LogP) is 1.52. The maximum Gasteiger partial charge on any atom is 0.248 e. The van der Waals surface area contributed by atoms with Crippen molar-refractivity contribution in [3.05, 3.63) is 30.1 Å². The molecule has 25 heavy (non-hydrogen) atoms. The van der Waals surface area contributed by atoms with E-state index in [1.807, 2.05) is 18.0 Å². The quantitative estimate of drug-likeness (QED) is 0.792. The number of likely N-dealkylation sites (tertiary alicyclic amines) is 1. The Kier molecular flexibility index (Phi) is 5.47. The van der Waals surface area contributed by atoms with Crippen LogP contribution in [0.3, 0.4) is 0 Å². The van der Waals surface area contributed by atoms with E-state index in [0.717, 1.165) is 37.4 Å². The van der Waals surface area contributed by atoms with Crippen LogP contribution in [0.1, 0.15) is 50.2 Å². The number of hydrogen-bond acceptors (Lipinski definition) is 5. The number of aromatic nitrogens is 5. The van der Waals surface area contributed by atoms with E-state index in [1.165, 1.54) is 0 Å². The largest absolute Gasteiger partial charge is 0.365 e. The molecular weight excluding hydrogens is 320 g/mol. The van der Waals surface area contributed by atoms with Crippen LogP contribution in [0.4, 0.5) is 0 Å². The summed E-state index contributed by atoms with van der Waals surface area (Å²) in [5, 5.41) is 12.4. The molecule has 0 N–H and O–H groups in total. The minimum absolute atomic E-state index is 0.0472. The zero-order chi connectivity index (χ0) is 17.8. The number of nitrogens with zero attached hydrogens (tertiary/aromatic N) is 6. The van der Waals surface area contributed by atoms with Crippen LogP contribution in [0.2, 0.25) is 0 Å². The standard InChI is InChI=1S/C17H26N6O2/c1-13(2)23-12-18-20-17(23)14-5-8-22(9-6-14)16(24)11-25-10-15-4-7-19-21(15)3/h4,7,12-14H,5-6,8-11H2,1-3H3. The van der Waals surface area contributed by atoms with E-state index < -0.39 is 0 Å². The van der Waals surface area contributed by atoms with Gasteiger partial charge < -0.3 is 14.2 Å². The summed E-state index contributed by atoms with van der Waals surface area (Å²) >= 11 is 0. The van der Waals surface area contributed by atoms with E-state index in [4.69, 9.17) is 4.74 Å². The highest BCUT2D eigenvalue weighted by molar-refractivity contribution is 5.77. The average molecular weight is 346 g/mol. The Morgan fingerprint density at radius 2 is 2.12 bits per heavy atom. The van der Waals surface area contributed by atoms with E-state index in [9.17, 15) is 4.79 Å². The monoisotopic (exact) mass is 346 g/mol. The summed E-state index contributed by atoms with van der Waals surface area (Å²) in [4.78, 5) is 14.2. The fourth-order valence-corrected chi connectivity index (χ4v) is 3.21. The van der Waals surface area contributed by atoms with Gasteiger partial charge in [0.2, 0.25) is 5.91 Å². The van der Waals surface area contributed by atoms with Crippen molar-refractivity contribution in [3.8, 4) is 0 Å². The van der Waals surface area contributed by atoms with Crippen LogP contribution >= 0.6 is 0 Å². The van der Waals surface area contributed by atoms with Gasteiger partial charge >= 0.3 is 0 Å². The molecule has 0 bridgehead atoms.